The number of rotatable bonds is 8. The molecule has 1 aliphatic rings. The molecule has 0 bridgehead atoms. The average molecular weight is 395 g/mol. The van der Waals surface area contributed by atoms with E-state index in [1.54, 1.807) is 0 Å². The van der Waals surface area contributed by atoms with Crippen LogP contribution in [0.2, 0.25) is 0 Å². The summed E-state index contributed by atoms with van der Waals surface area (Å²) in [6, 6.07) is 0.509. The summed E-state index contributed by atoms with van der Waals surface area (Å²) in [6.07, 6.45) is 7.62. The maximum Gasteiger partial charge on any atom is 0.191 e. The molecule has 0 saturated carbocycles. The number of nitrogens with zero attached hydrogens (tertiary/aromatic N) is 1. The van der Waals surface area contributed by atoms with Gasteiger partial charge in [0.25, 0.3) is 0 Å². The predicted octanol–water partition coefficient (Wildman–Crippen LogP) is 2.94. The summed E-state index contributed by atoms with van der Waals surface area (Å²) < 4.78 is 5.55. The van der Waals surface area contributed by atoms with E-state index < -0.39 is 0 Å². The van der Waals surface area contributed by atoms with E-state index in [-0.39, 0.29) is 24.0 Å². The molecule has 0 aromatic carbocycles. The van der Waals surface area contributed by atoms with Crippen LogP contribution in [-0.2, 0) is 4.74 Å². The van der Waals surface area contributed by atoms with Crippen LogP contribution < -0.4 is 10.6 Å². The maximum absolute atomic E-state index is 5.55. The van der Waals surface area contributed by atoms with Gasteiger partial charge in [0.15, 0.2) is 5.96 Å². The van der Waals surface area contributed by atoms with Crippen LogP contribution >= 0.6 is 24.0 Å². The van der Waals surface area contributed by atoms with Crippen molar-refractivity contribution in [2.75, 3.05) is 26.3 Å². The SMILES string of the molecule is CCNC(=NCCCOCC(C)C)NC1CC=CC1.I. The summed E-state index contributed by atoms with van der Waals surface area (Å²) >= 11 is 0. The highest BCUT2D eigenvalue weighted by Crippen LogP contribution is 2.08. The molecule has 0 heterocycles. The molecule has 0 atom stereocenters. The molecule has 4 nitrogen and oxygen atoms in total. The van der Waals surface area contributed by atoms with Crippen LogP contribution in [0.15, 0.2) is 17.1 Å². The van der Waals surface area contributed by atoms with Gasteiger partial charge in [-0.15, -0.1) is 24.0 Å². The van der Waals surface area contributed by atoms with E-state index in [4.69, 9.17) is 4.74 Å². The van der Waals surface area contributed by atoms with Gasteiger partial charge in [0.2, 0.25) is 0 Å². The van der Waals surface area contributed by atoms with Crippen molar-refractivity contribution in [3.8, 4) is 0 Å². The van der Waals surface area contributed by atoms with Gasteiger partial charge in [-0.25, -0.2) is 0 Å². The third kappa shape index (κ3) is 9.58. The lowest BCUT2D eigenvalue weighted by atomic mass is 10.2. The van der Waals surface area contributed by atoms with Crippen molar-refractivity contribution in [3.63, 3.8) is 0 Å². The highest BCUT2D eigenvalue weighted by Gasteiger charge is 2.11. The zero-order valence-electron chi connectivity index (χ0n) is 13.0. The normalized spacial score (nSPS) is 15.5. The Morgan fingerprint density at radius 1 is 1.35 bits per heavy atom. The Kier molecular flexibility index (Phi) is 12.3. The van der Waals surface area contributed by atoms with Crippen LogP contribution in [-0.4, -0.2) is 38.3 Å². The quantitative estimate of drug-likeness (QED) is 0.218. The molecule has 0 saturated heterocycles. The lowest BCUT2D eigenvalue weighted by Gasteiger charge is -2.16. The van der Waals surface area contributed by atoms with E-state index >= 15 is 0 Å². The molecular weight excluding hydrogens is 365 g/mol. The van der Waals surface area contributed by atoms with Crippen molar-refractivity contribution in [2.24, 2.45) is 10.9 Å². The largest absolute Gasteiger partial charge is 0.381 e. The minimum absolute atomic E-state index is 0. The van der Waals surface area contributed by atoms with Gasteiger partial charge in [-0.2, -0.15) is 0 Å². The third-order valence-electron chi connectivity index (χ3n) is 2.86. The van der Waals surface area contributed by atoms with Gasteiger partial charge in [0, 0.05) is 32.3 Å². The third-order valence-corrected chi connectivity index (χ3v) is 2.86. The summed E-state index contributed by atoms with van der Waals surface area (Å²) in [6.45, 7) is 9.78. The molecule has 0 spiro atoms. The van der Waals surface area contributed by atoms with Crippen molar-refractivity contribution >= 4 is 29.9 Å². The van der Waals surface area contributed by atoms with E-state index in [9.17, 15) is 0 Å². The Morgan fingerprint density at radius 2 is 2.05 bits per heavy atom. The Balaban J connectivity index is 0.00000361. The number of guanidine groups is 1. The molecule has 2 N–H and O–H groups in total. The van der Waals surface area contributed by atoms with Crippen LogP contribution in [0.25, 0.3) is 0 Å². The van der Waals surface area contributed by atoms with Crippen molar-refractivity contribution in [1.29, 1.82) is 0 Å². The van der Waals surface area contributed by atoms with Gasteiger partial charge >= 0.3 is 0 Å². The van der Waals surface area contributed by atoms with Gasteiger partial charge in [0.1, 0.15) is 0 Å². The number of halogens is 1. The lowest BCUT2D eigenvalue weighted by Crippen LogP contribution is -2.42. The zero-order valence-corrected chi connectivity index (χ0v) is 15.4. The molecule has 0 radical (unpaired) electrons. The minimum Gasteiger partial charge on any atom is -0.381 e. The fraction of sp³-hybridized carbons (Fsp3) is 0.800. The topological polar surface area (TPSA) is 45.7 Å². The smallest absolute Gasteiger partial charge is 0.191 e. The van der Waals surface area contributed by atoms with E-state index in [0.29, 0.717) is 12.0 Å². The van der Waals surface area contributed by atoms with Gasteiger partial charge in [-0.1, -0.05) is 26.0 Å². The molecule has 0 aromatic rings. The van der Waals surface area contributed by atoms with E-state index in [2.05, 4.69) is 48.5 Å². The van der Waals surface area contributed by atoms with Gasteiger partial charge < -0.3 is 15.4 Å². The van der Waals surface area contributed by atoms with Crippen molar-refractivity contribution < 1.29 is 4.74 Å². The highest BCUT2D eigenvalue weighted by atomic mass is 127. The Hall–Kier alpha value is -0.300. The Morgan fingerprint density at radius 3 is 2.65 bits per heavy atom. The second-order valence-corrected chi connectivity index (χ2v) is 5.37. The molecule has 1 aliphatic carbocycles. The Labute approximate surface area is 140 Å². The fourth-order valence-corrected chi connectivity index (χ4v) is 1.92. The first-order valence-electron chi connectivity index (χ1n) is 7.50. The molecule has 118 valence electrons. The van der Waals surface area contributed by atoms with Crippen LogP contribution in [0.5, 0.6) is 0 Å². The predicted molar refractivity (Wildman–Crippen MR) is 97.0 cm³/mol. The molecule has 0 fully saturated rings. The average Bonchev–Trinajstić information content (AvgIpc) is 2.86. The van der Waals surface area contributed by atoms with E-state index in [0.717, 1.165) is 51.5 Å². The van der Waals surface area contributed by atoms with Crippen molar-refractivity contribution in [2.45, 2.75) is 46.1 Å². The summed E-state index contributed by atoms with van der Waals surface area (Å²) in [5, 5.41) is 6.75. The van der Waals surface area contributed by atoms with Crippen LogP contribution in [0.4, 0.5) is 0 Å². The molecule has 20 heavy (non-hydrogen) atoms. The van der Waals surface area contributed by atoms with Crippen LogP contribution in [0, 0.1) is 5.92 Å². The summed E-state index contributed by atoms with van der Waals surface area (Å²) in [5.41, 5.74) is 0. The fourth-order valence-electron chi connectivity index (χ4n) is 1.92. The van der Waals surface area contributed by atoms with Crippen molar-refractivity contribution in [1.82, 2.24) is 10.6 Å². The number of aliphatic imine (C=N–C) groups is 1. The number of nitrogens with one attached hydrogen (secondary N) is 2. The summed E-state index contributed by atoms with van der Waals surface area (Å²) in [7, 11) is 0. The molecule has 0 amide bonds. The van der Waals surface area contributed by atoms with E-state index in [1.807, 2.05) is 0 Å². The molecular formula is C15H30IN3O. The monoisotopic (exact) mass is 395 g/mol. The van der Waals surface area contributed by atoms with Gasteiger partial charge in [-0.3, -0.25) is 4.99 Å². The molecule has 0 aliphatic heterocycles. The second-order valence-electron chi connectivity index (χ2n) is 5.37. The first-order chi connectivity index (χ1) is 9.22. The Bertz CT molecular complexity index is 285. The number of ether oxygens (including phenoxy) is 1. The molecule has 0 aromatic heterocycles. The van der Waals surface area contributed by atoms with Gasteiger partial charge in [-0.05, 0) is 32.1 Å². The minimum atomic E-state index is 0. The van der Waals surface area contributed by atoms with Crippen LogP contribution in [0.3, 0.4) is 0 Å². The lowest BCUT2D eigenvalue weighted by molar-refractivity contribution is 0.109. The number of hydrogen-bond acceptors (Lipinski definition) is 2. The van der Waals surface area contributed by atoms with Gasteiger partial charge in [0.05, 0.1) is 0 Å². The highest BCUT2D eigenvalue weighted by molar-refractivity contribution is 14.0. The first-order valence-corrected chi connectivity index (χ1v) is 7.50. The molecule has 0 unspecified atom stereocenters. The number of hydrogen-bond donors (Lipinski definition) is 2. The second kappa shape index (κ2) is 12.4. The van der Waals surface area contributed by atoms with E-state index in [1.165, 1.54) is 0 Å². The zero-order chi connectivity index (χ0) is 13.9. The molecule has 1 rings (SSSR count). The molecule has 5 heteroatoms. The van der Waals surface area contributed by atoms with Crippen LogP contribution in [0.1, 0.15) is 40.0 Å². The standard InChI is InChI=1S/C15H29N3O.HI/c1-4-16-15(18-14-8-5-6-9-14)17-10-7-11-19-12-13(2)3;/h5-6,13-14H,4,7-12H2,1-3H3,(H2,16,17,18);1H. The summed E-state index contributed by atoms with van der Waals surface area (Å²) in [5.74, 6) is 1.54. The maximum atomic E-state index is 5.55. The first kappa shape index (κ1) is 19.7. The van der Waals surface area contributed by atoms with Crippen molar-refractivity contribution in [3.05, 3.63) is 12.2 Å². The summed E-state index contributed by atoms with van der Waals surface area (Å²) in [4.78, 5) is 4.58.